The van der Waals surface area contributed by atoms with E-state index >= 15 is 0 Å². The third kappa shape index (κ3) is 4.83. The molecule has 0 aliphatic rings. The molecule has 0 spiro atoms. The highest BCUT2D eigenvalue weighted by atomic mass is 35.5. The Labute approximate surface area is 164 Å². The van der Waals surface area contributed by atoms with Crippen LogP contribution in [0.2, 0.25) is 10.0 Å². The lowest BCUT2D eigenvalue weighted by Crippen LogP contribution is -2.31. The molecule has 0 fully saturated rings. The van der Waals surface area contributed by atoms with E-state index in [9.17, 15) is 9.18 Å². The average molecular weight is 409 g/mol. The van der Waals surface area contributed by atoms with Crippen LogP contribution in [0.4, 0.5) is 10.1 Å². The monoisotopic (exact) mass is 408 g/mol. The molecule has 3 nitrogen and oxygen atoms in total. The second-order valence-corrected chi connectivity index (χ2v) is 7.38. The lowest BCUT2D eigenvalue weighted by Gasteiger charge is -2.18. The van der Waals surface area contributed by atoms with Crippen molar-refractivity contribution in [2.24, 2.45) is 0 Å². The van der Waals surface area contributed by atoms with Crippen LogP contribution in [0, 0.1) is 5.82 Å². The highest BCUT2D eigenvalue weighted by Gasteiger charge is 2.16. The van der Waals surface area contributed by atoms with E-state index < -0.39 is 0 Å². The number of carbonyl (C=O) groups is 1. The van der Waals surface area contributed by atoms with Crippen LogP contribution in [0.25, 0.3) is 0 Å². The lowest BCUT2D eigenvalue weighted by atomic mass is 10.1. The number of rotatable bonds is 6. The van der Waals surface area contributed by atoms with Crippen molar-refractivity contribution in [3.8, 4) is 0 Å². The average Bonchev–Trinajstić information content (AvgIpc) is 3.14. The van der Waals surface area contributed by atoms with E-state index in [1.807, 2.05) is 17.5 Å². The highest BCUT2D eigenvalue weighted by molar-refractivity contribution is 7.10. The van der Waals surface area contributed by atoms with E-state index in [-0.39, 0.29) is 24.3 Å². The number of carbonyl (C=O) groups excluding carboxylic acids is 1. The summed E-state index contributed by atoms with van der Waals surface area (Å²) < 4.78 is 13.2. The summed E-state index contributed by atoms with van der Waals surface area (Å²) in [5, 5.41) is 8.81. The van der Waals surface area contributed by atoms with Gasteiger partial charge in [-0.2, -0.15) is 0 Å². The van der Waals surface area contributed by atoms with Gasteiger partial charge in [-0.15, -0.1) is 11.3 Å². The number of anilines is 1. The van der Waals surface area contributed by atoms with Gasteiger partial charge < -0.3 is 5.32 Å². The molecule has 1 aromatic heterocycles. The van der Waals surface area contributed by atoms with Gasteiger partial charge in [0.25, 0.3) is 0 Å². The summed E-state index contributed by atoms with van der Waals surface area (Å²) >= 11 is 13.6. The zero-order chi connectivity index (χ0) is 18.5. The van der Waals surface area contributed by atoms with Gasteiger partial charge in [0, 0.05) is 9.90 Å². The third-order valence-electron chi connectivity index (χ3n) is 3.70. The molecule has 1 heterocycles. The van der Waals surface area contributed by atoms with Crippen LogP contribution >= 0.6 is 34.5 Å². The van der Waals surface area contributed by atoms with Crippen LogP contribution in [-0.4, -0.2) is 12.5 Å². The standard InChI is InChI=1S/C19H15Cl2FN2OS/c20-13-5-8-15(21)16(10-13)24-18(25)11-23-19(17-2-1-9-26-17)12-3-6-14(22)7-4-12/h1-10,19,23H,11H2,(H,24,25). The van der Waals surface area contributed by atoms with Crippen molar-refractivity contribution in [1.29, 1.82) is 0 Å². The fraction of sp³-hybridized carbons (Fsp3) is 0.105. The molecule has 0 saturated heterocycles. The molecule has 1 unspecified atom stereocenters. The molecule has 3 rings (SSSR count). The predicted octanol–water partition coefficient (Wildman–Crippen LogP) is 5.51. The number of thiophene rings is 1. The number of hydrogen-bond acceptors (Lipinski definition) is 3. The van der Waals surface area contributed by atoms with Crippen LogP contribution in [-0.2, 0) is 4.79 Å². The molecule has 1 amide bonds. The first-order valence-electron chi connectivity index (χ1n) is 7.80. The first-order valence-corrected chi connectivity index (χ1v) is 9.43. The van der Waals surface area contributed by atoms with Gasteiger partial charge in [-0.25, -0.2) is 4.39 Å². The predicted molar refractivity (Wildman–Crippen MR) is 106 cm³/mol. The van der Waals surface area contributed by atoms with Crippen molar-refractivity contribution in [3.63, 3.8) is 0 Å². The SMILES string of the molecule is O=C(CNC(c1ccc(F)cc1)c1cccs1)Nc1cc(Cl)ccc1Cl. The fourth-order valence-electron chi connectivity index (χ4n) is 2.48. The molecule has 134 valence electrons. The van der Waals surface area contributed by atoms with Gasteiger partial charge in [0.05, 0.1) is 23.3 Å². The molecule has 26 heavy (non-hydrogen) atoms. The smallest absolute Gasteiger partial charge is 0.238 e. The van der Waals surface area contributed by atoms with Crippen molar-refractivity contribution in [2.75, 3.05) is 11.9 Å². The van der Waals surface area contributed by atoms with E-state index in [4.69, 9.17) is 23.2 Å². The van der Waals surface area contributed by atoms with Crippen molar-refractivity contribution >= 4 is 46.1 Å². The third-order valence-corrected chi connectivity index (χ3v) is 5.20. The Balaban J connectivity index is 1.70. The normalized spacial score (nSPS) is 12.0. The summed E-state index contributed by atoms with van der Waals surface area (Å²) in [6, 6.07) is 14.8. The molecule has 0 aliphatic heterocycles. The Bertz CT molecular complexity index is 885. The number of benzene rings is 2. The molecule has 1 atom stereocenters. The second kappa shape index (κ2) is 8.64. The minimum absolute atomic E-state index is 0.0583. The van der Waals surface area contributed by atoms with Gasteiger partial charge >= 0.3 is 0 Å². The Morgan fingerprint density at radius 1 is 1.12 bits per heavy atom. The van der Waals surface area contributed by atoms with Gasteiger partial charge in [0.2, 0.25) is 5.91 Å². The first-order chi connectivity index (χ1) is 12.5. The molecule has 7 heteroatoms. The molecular formula is C19H15Cl2FN2OS. The van der Waals surface area contributed by atoms with Crippen molar-refractivity contribution in [3.05, 3.63) is 86.3 Å². The quantitative estimate of drug-likeness (QED) is 0.564. The van der Waals surface area contributed by atoms with Crippen LogP contribution in [0.5, 0.6) is 0 Å². The summed E-state index contributed by atoms with van der Waals surface area (Å²) in [5.41, 5.74) is 1.34. The molecule has 0 aliphatic carbocycles. The summed E-state index contributed by atoms with van der Waals surface area (Å²) in [7, 11) is 0. The fourth-order valence-corrected chi connectivity index (χ4v) is 3.64. The molecular weight excluding hydrogens is 394 g/mol. The molecule has 2 N–H and O–H groups in total. The lowest BCUT2D eigenvalue weighted by molar-refractivity contribution is -0.115. The Hall–Kier alpha value is -1.92. The highest BCUT2D eigenvalue weighted by Crippen LogP contribution is 2.27. The molecule has 0 bridgehead atoms. The first kappa shape index (κ1) is 18.9. The van der Waals surface area contributed by atoms with Crippen molar-refractivity contribution < 1.29 is 9.18 Å². The van der Waals surface area contributed by atoms with Gasteiger partial charge in [-0.3, -0.25) is 10.1 Å². The molecule has 3 aromatic rings. The van der Waals surface area contributed by atoms with E-state index in [1.54, 1.807) is 41.7 Å². The van der Waals surface area contributed by atoms with Crippen molar-refractivity contribution in [2.45, 2.75) is 6.04 Å². The maximum absolute atomic E-state index is 13.2. The van der Waals surface area contributed by atoms with Gasteiger partial charge in [0.15, 0.2) is 0 Å². The zero-order valence-electron chi connectivity index (χ0n) is 13.5. The molecule has 2 aromatic carbocycles. The van der Waals surface area contributed by atoms with E-state index in [1.165, 1.54) is 12.1 Å². The Kier molecular flexibility index (Phi) is 6.27. The summed E-state index contributed by atoms with van der Waals surface area (Å²) in [6.07, 6.45) is 0. The van der Waals surface area contributed by atoms with Crippen LogP contribution in [0.15, 0.2) is 60.0 Å². The van der Waals surface area contributed by atoms with Crippen LogP contribution < -0.4 is 10.6 Å². The maximum atomic E-state index is 13.2. The van der Waals surface area contributed by atoms with E-state index in [0.717, 1.165) is 10.4 Å². The summed E-state index contributed by atoms with van der Waals surface area (Å²) in [5.74, 6) is -0.551. The minimum atomic E-state index is -0.299. The zero-order valence-corrected chi connectivity index (χ0v) is 15.8. The summed E-state index contributed by atoms with van der Waals surface area (Å²) in [6.45, 7) is 0.0583. The molecule has 0 radical (unpaired) electrons. The topological polar surface area (TPSA) is 41.1 Å². The maximum Gasteiger partial charge on any atom is 0.238 e. The van der Waals surface area contributed by atoms with Gasteiger partial charge in [0.1, 0.15) is 5.82 Å². The number of nitrogens with one attached hydrogen (secondary N) is 2. The second-order valence-electron chi connectivity index (χ2n) is 5.55. The van der Waals surface area contributed by atoms with Crippen molar-refractivity contribution in [1.82, 2.24) is 5.32 Å². The van der Waals surface area contributed by atoms with Crippen LogP contribution in [0.1, 0.15) is 16.5 Å². The van der Waals surface area contributed by atoms with Gasteiger partial charge in [-0.05, 0) is 47.3 Å². The van der Waals surface area contributed by atoms with Gasteiger partial charge in [-0.1, -0.05) is 41.4 Å². The van der Waals surface area contributed by atoms with Crippen LogP contribution in [0.3, 0.4) is 0 Å². The largest absolute Gasteiger partial charge is 0.324 e. The number of hydrogen-bond donors (Lipinski definition) is 2. The van der Waals surface area contributed by atoms with E-state index in [0.29, 0.717) is 15.7 Å². The minimum Gasteiger partial charge on any atom is -0.324 e. The Morgan fingerprint density at radius 2 is 1.88 bits per heavy atom. The molecule has 0 saturated carbocycles. The van der Waals surface area contributed by atoms with E-state index in [2.05, 4.69) is 10.6 Å². The number of amides is 1. The number of halogens is 3. The summed E-state index contributed by atoms with van der Waals surface area (Å²) in [4.78, 5) is 13.3. The Morgan fingerprint density at radius 3 is 2.58 bits per heavy atom.